The largest absolute Gasteiger partial charge is 0.375 e. The van der Waals surface area contributed by atoms with Crippen molar-refractivity contribution >= 4 is 22.4 Å². The van der Waals surface area contributed by atoms with Gasteiger partial charge in [0, 0.05) is 4.88 Å². The van der Waals surface area contributed by atoms with E-state index in [-0.39, 0.29) is 11.8 Å². The van der Waals surface area contributed by atoms with Crippen molar-refractivity contribution in [1.29, 1.82) is 0 Å². The molecule has 0 spiro atoms. The summed E-state index contributed by atoms with van der Waals surface area (Å²) in [6.45, 7) is 0. The quantitative estimate of drug-likeness (QED) is 0.692. The van der Waals surface area contributed by atoms with Gasteiger partial charge < -0.3 is 11.5 Å². The summed E-state index contributed by atoms with van der Waals surface area (Å²) in [5.41, 5.74) is 11.7. The second kappa shape index (κ2) is 2.99. The van der Waals surface area contributed by atoms with Gasteiger partial charge >= 0.3 is 0 Å². The molecule has 0 saturated carbocycles. The lowest BCUT2D eigenvalue weighted by molar-refractivity contribution is -0.119. The molecule has 1 aliphatic rings. The Balaban J connectivity index is 2.41. The van der Waals surface area contributed by atoms with Crippen molar-refractivity contribution in [3.8, 4) is 0 Å². The molecule has 1 atom stereocenters. The van der Waals surface area contributed by atoms with Gasteiger partial charge in [-0.15, -0.1) is 11.3 Å². The molecule has 0 saturated heterocycles. The third-order valence-corrected chi connectivity index (χ3v) is 3.27. The van der Waals surface area contributed by atoms with Crippen LogP contribution in [0.1, 0.15) is 29.3 Å². The number of amides is 1. The van der Waals surface area contributed by atoms with Crippen LogP contribution in [0.2, 0.25) is 0 Å². The van der Waals surface area contributed by atoms with Gasteiger partial charge in [0.2, 0.25) is 5.91 Å². The Bertz CT molecular complexity index is 347. The molecule has 1 aromatic rings. The zero-order valence-corrected chi connectivity index (χ0v) is 7.93. The predicted octanol–water partition coefficient (Wildman–Crippen LogP) is 0.630. The number of aromatic nitrogens is 1. The van der Waals surface area contributed by atoms with Crippen LogP contribution >= 0.6 is 11.3 Å². The molecular weight excluding hydrogens is 186 g/mol. The molecule has 1 heterocycles. The molecule has 1 unspecified atom stereocenters. The Morgan fingerprint density at radius 1 is 1.62 bits per heavy atom. The van der Waals surface area contributed by atoms with Crippen LogP contribution in [0, 0.1) is 0 Å². The lowest BCUT2D eigenvalue weighted by Crippen LogP contribution is -2.24. The monoisotopic (exact) mass is 197 g/mol. The number of primary amides is 1. The van der Waals surface area contributed by atoms with Gasteiger partial charge in [-0.1, -0.05) is 0 Å². The average Bonchev–Trinajstić information content (AvgIpc) is 2.43. The predicted molar refractivity (Wildman–Crippen MR) is 51.4 cm³/mol. The minimum absolute atomic E-state index is 0.211. The fraction of sp³-hybridized carbons (Fsp3) is 0.500. The maximum atomic E-state index is 11.1. The van der Waals surface area contributed by atoms with Crippen LogP contribution in [-0.2, 0) is 11.2 Å². The fourth-order valence-corrected chi connectivity index (χ4v) is 2.65. The number of fused-ring (bicyclic) bond motifs is 1. The second-order valence-corrected chi connectivity index (χ2v) is 4.32. The topological polar surface area (TPSA) is 82.0 Å². The van der Waals surface area contributed by atoms with Gasteiger partial charge in [-0.3, -0.25) is 4.79 Å². The average molecular weight is 197 g/mol. The maximum absolute atomic E-state index is 11.1. The highest BCUT2D eigenvalue weighted by Crippen LogP contribution is 2.35. The molecule has 2 rings (SSSR count). The third kappa shape index (κ3) is 1.39. The lowest BCUT2D eigenvalue weighted by atomic mass is 9.91. The van der Waals surface area contributed by atoms with Crippen LogP contribution in [0.5, 0.6) is 0 Å². The molecule has 1 aromatic heterocycles. The Morgan fingerprint density at radius 2 is 2.38 bits per heavy atom. The van der Waals surface area contributed by atoms with Crippen LogP contribution in [-0.4, -0.2) is 10.9 Å². The van der Waals surface area contributed by atoms with Crippen LogP contribution in [0.3, 0.4) is 0 Å². The number of rotatable bonds is 1. The number of carbonyl (C=O) groups excluding carboxylic acids is 1. The van der Waals surface area contributed by atoms with Crippen LogP contribution < -0.4 is 11.5 Å². The Morgan fingerprint density at radius 3 is 3.08 bits per heavy atom. The molecule has 0 fully saturated rings. The van der Waals surface area contributed by atoms with E-state index in [9.17, 15) is 4.79 Å². The van der Waals surface area contributed by atoms with E-state index in [2.05, 4.69) is 4.98 Å². The highest BCUT2D eigenvalue weighted by molar-refractivity contribution is 7.15. The first-order valence-electron chi connectivity index (χ1n) is 4.23. The molecular formula is C8H11N3OS. The minimum Gasteiger partial charge on any atom is -0.375 e. The van der Waals surface area contributed by atoms with E-state index in [1.165, 1.54) is 11.3 Å². The maximum Gasteiger partial charge on any atom is 0.226 e. The van der Waals surface area contributed by atoms with Gasteiger partial charge in [-0.05, 0) is 19.3 Å². The number of nitrogens with two attached hydrogens (primary N) is 2. The van der Waals surface area contributed by atoms with E-state index >= 15 is 0 Å². The molecule has 4 N–H and O–H groups in total. The molecule has 70 valence electrons. The smallest absolute Gasteiger partial charge is 0.226 e. The summed E-state index contributed by atoms with van der Waals surface area (Å²) in [5.74, 6) is -0.497. The number of nitrogen functional groups attached to an aromatic ring is 1. The third-order valence-electron chi connectivity index (χ3n) is 2.31. The molecule has 0 radical (unpaired) electrons. The van der Waals surface area contributed by atoms with Gasteiger partial charge in [-0.25, -0.2) is 4.98 Å². The van der Waals surface area contributed by atoms with Gasteiger partial charge in [0.05, 0.1) is 11.6 Å². The SMILES string of the molecule is NC(=O)C1CCCc2sc(N)nc21. The van der Waals surface area contributed by atoms with Gasteiger partial charge in [-0.2, -0.15) is 0 Å². The van der Waals surface area contributed by atoms with E-state index in [4.69, 9.17) is 11.5 Å². The van der Waals surface area contributed by atoms with E-state index in [1.807, 2.05) is 0 Å². The number of hydrogen-bond acceptors (Lipinski definition) is 4. The van der Waals surface area contributed by atoms with E-state index < -0.39 is 0 Å². The van der Waals surface area contributed by atoms with Gasteiger partial charge in [0.15, 0.2) is 5.13 Å². The number of nitrogens with zero attached hydrogens (tertiary/aromatic N) is 1. The number of anilines is 1. The summed E-state index contributed by atoms with van der Waals surface area (Å²) in [7, 11) is 0. The zero-order chi connectivity index (χ0) is 9.42. The first kappa shape index (κ1) is 8.50. The zero-order valence-electron chi connectivity index (χ0n) is 7.12. The number of hydrogen-bond donors (Lipinski definition) is 2. The van der Waals surface area contributed by atoms with Crippen molar-refractivity contribution in [1.82, 2.24) is 4.98 Å². The summed E-state index contributed by atoms with van der Waals surface area (Å²) < 4.78 is 0. The fourth-order valence-electron chi connectivity index (χ4n) is 1.71. The minimum atomic E-state index is -0.286. The summed E-state index contributed by atoms with van der Waals surface area (Å²) in [4.78, 5) is 16.4. The molecule has 0 bridgehead atoms. The summed E-state index contributed by atoms with van der Waals surface area (Å²) in [5, 5.41) is 0.540. The lowest BCUT2D eigenvalue weighted by Gasteiger charge is -2.17. The van der Waals surface area contributed by atoms with Crippen molar-refractivity contribution in [2.24, 2.45) is 5.73 Å². The normalized spacial score (nSPS) is 21.1. The molecule has 5 heteroatoms. The first-order valence-corrected chi connectivity index (χ1v) is 5.04. The first-order chi connectivity index (χ1) is 6.18. The number of thiazole rings is 1. The molecule has 1 aliphatic carbocycles. The Hall–Kier alpha value is -1.10. The second-order valence-electron chi connectivity index (χ2n) is 3.21. The molecule has 1 amide bonds. The van der Waals surface area contributed by atoms with E-state index in [1.54, 1.807) is 0 Å². The molecule has 13 heavy (non-hydrogen) atoms. The number of carbonyl (C=O) groups is 1. The Kier molecular flexibility index (Phi) is 1.95. The molecule has 0 aliphatic heterocycles. The van der Waals surface area contributed by atoms with Crippen molar-refractivity contribution in [3.63, 3.8) is 0 Å². The highest BCUT2D eigenvalue weighted by atomic mass is 32.1. The van der Waals surface area contributed by atoms with Gasteiger partial charge in [0.25, 0.3) is 0 Å². The molecule has 4 nitrogen and oxygen atoms in total. The van der Waals surface area contributed by atoms with Crippen molar-refractivity contribution in [3.05, 3.63) is 10.6 Å². The van der Waals surface area contributed by atoms with Crippen LogP contribution in [0.15, 0.2) is 0 Å². The van der Waals surface area contributed by atoms with Crippen molar-refractivity contribution < 1.29 is 4.79 Å². The van der Waals surface area contributed by atoms with Gasteiger partial charge in [0.1, 0.15) is 0 Å². The van der Waals surface area contributed by atoms with Crippen molar-refractivity contribution in [2.75, 3.05) is 5.73 Å². The van der Waals surface area contributed by atoms with E-state index in [0.717, 1.165) is 29.8 Å². The summed E-state index contributed by atoms with van der Waals surface area (Å²) in [6.07, 6.45) is 2.79. The Labute approximate surface area is 80.0 Å². The van der Waals surface area contributed by atoms with Crippen molar-refractivity contribution in [2.45, 2.75) is 25.2 Å². The van der Waals surface area contributed by atoms with Crippen LogP contribution in [0.25, 0.3) is 0 Å². The summed E-state index contributed by atoms with van der Waals surface area (Å²) in [6, 6.07) is 0. The molecule has 0 aromatic carbocycles. The highest BCUT2D eigenvalue weighted by Gasteiger charge is 2.27. The summed E-state index contributed by atoms with van der Waals surface area (Å²) >= 11 is 1.47. The standard InChI is InChI=1S/C8H11N3OS/c9-7(12)4-2-1-3-5-6(4)11-8(10)13-5/h4H,1-3H2,(H2,9,12)(H2,10,11). The number of aryl methyl sites for hydroxylation is 1. The van der Waals surface area contributed by atoms with E-state index in [0.29, 0.717) is 5.13 Å². The van der Waals surface area contributed by atoms with Crippen LogP contribution in [0.4, 0.5) is 5.13 Å².